The Morgan fingerprint density at radius 1 is 1.26 bits per heavy atom. The molecule has 3 heteroatoms. The molecule has 1 aromatic carbocycles. The lowest BCUT2D eigenvalue weighted by Gasteiger charge is -2.22. The summed E-state index contributed by atoms with van der Waals surface area (Å²) in [5, 5.41) is 3.07. The van der Waals surface area contributed by atoms with Gasteiger partial charge >= 0.3 is 0 Å². The monoisotopic (exact) mass is 262 g/mol. The van der Waals surface area contributed by atoms with Crippen LogP contribution >= 0.6 is 0 Å². The average Bonchev–Trinajstić information content (AvgIpc) is 2.32. The van der Waals surface area contributed by atoms with Crippen molar-refractivity contribution in [2.24, 2.45) is 17.6 Å². The average molecular weight is 262 g/mol. The SMILES string of the molecule is Cc1ccccc1CC(C)NC(=O)C(CN)C(C)C. The van der Waals surface area contributed by atoms with Gasteiger partial charge in [-0.1, -0.05) is 38.1 Å². The molecule has 0 saturated carbocycles. The van der Waals surface area contributed by atoms with E-state index in [0.717, 1.165) is 6.42 Å². The minimum atomic E-state index is -0.0979. The predicted molar refractivity (Wildman–Crippen MR) is 79.9 cm³/mol. The van der Waals surface area contributed by atoms with Crippen LogP contribution in [0.1, 0.15) is 31.9 Å². The van der Waals surface area contributed by atoms with E-state index in [1.165, 1.54) is 11.1 Å². The van der Waals surface area contributed by atoms with E-state index < -0.39 is 0 Å². The third-order valence-electron chi connectivity index (χ3n) is 3.57. The van der Waals surface area contributed by atoms with Gasteiger partial charge in [0, 0.05) is 12.6 Å². The first-order chi connectivity index (χ1) is 8.95. The lowest BCUT2D eigenvalue weighted by atomic mass is 9.94. The first-order valence-corrected chi connectivity index (χ1v) is 7.00. The van der Waals surface area contributed by atoms with E-state index in [2.05, 4.69) is 24.4 Å². The third-order valence-corrected chi connectivity index (χ3v) is 3.57. The van der Waals surface area contributed by atoms with E-state index in [4.69, 9.17) is 5.73 Å². The summed E-state index contributed by atoms with van der Waals surface area (Å²) in [5.74, 6) is 0.244. The number of benzene rings is 1. The molecule has 0 aromatic heterocycles. The van der Waals surface area contributed by atoms with Crippen molar-refractivity contribution in [2.75, 3.05) is 6.54 Å². The number of rotatable bonds is 6. The minimum absolute atomic E-state index is 0.0681. The number of amides is 1. The van der Waals surface area contributed by atoms with Crippen LogP contribution in [0.2, 0.25) is 0 Å². The van der Waals surface area contributed by atoms with Crippen molar-refractivity contribution in [3.8, 4) is 0 Å². The molecule has 1 aromatic rings. The van der Waals surface area contributed by atoms with E-state index in [1.54, 1.807) is 0 Å². The molecule has 2 unspecified atom stereocenters. The second-order valence-corrected chi connectivity index (χ2v) is 5.63. The zero-order chi connectivity index (χ0) is 14.4. The zero-order valence-corrected chi connectivity index (χ0v) is 12.4. The van der Waals surface area contributed by atoms with Crippen LogP contribution in [0.4, 0.5) is 0 Å². The van der Waals surface area contributed by atoms with Gasteiger partial charge in [-0.25, -0.2) is 0 Å². The fraction of sp³-hybridized carbons (Fsp3) is 0.562. The van der Waals surface area contributed by atoms with Crippen LogP contribution in [0.15, 0.2) is 24.3 Å². The van der Waals surface area contributed by atoms with Gasteiger partial charge in [0.15, 0.2) is 0 Å². The van der Waals surface area contributed by atoms with Gasteiger partial charge < -0.3 is 11.1 Å². The van der Waals surface area contributed by atoms with Gasteiger partial charge in [-0.15, -0.1) is 0 Å². The van der Waals surface area contributed by atoms with Gasteiger partial charge in [0.05, 0.1) is 5.92 Å². The molecule has 0 saturated heterocycles. The van der Waals surface area contributed by atoms with Crippen molar-refractivity contribution in [1.82, 2.24) is 5.32 Å². The van der Waals surface area contributed by atoms with Gasteiger partial charge in [0.25, 0.3) is 0 Å². The van der Waals surface area contributed by atoms with E-state index in [0.29, 0.717) is 6.54 Å². The Labute approximate surface area is 116 Å². The molecule has 0 spiro atoms. The highest BCUT2D eigenvalue weighted by molar-refractivity contribution is 5.79. The summed E-state index contributed by atoms with van der Waals surface area (Å²) in [6, 6.07) is 8.40. The highest BCUT2D eigenvalue weighted by Crippen LogP contribution is 2.12. The van der Waals surface area contributed by atoms with Crippen LogP contribution in [-0.4, -0.2) is 18.5 Å². The Bertz CT molecular complexity index is 415. The Morgan fingerprint density at radius 3 is 2.42 bits per heavy atom. The molecule has 0 fully saturated rings. The fourth-order valence-electron chi connectivity index (χ4n) is 2.25. The summed E-state index contributed by atoms with van der Waals surface area (Å²) in [5.41, 5.74) is 8.21. The molecular formula is C16H26N2O. The van der Waals surface area contributed by atoms with Gasteiger partial charge in [-0.2, -0.15) is 0 Å². The summed E-state index contributed by atoms with van der Waals surface area (Å²) < 4.78 is 0. The maximum absolute atomic E-state index is 12.1. The molecule has 19 heavy (non-hydrogen) atoms. The van der Waals surface area contributed by atoms with Crippen molar-refractivity contribution in [3.63, 3.8) is 0 Å². The molecule has 0 aliphatic heterocycles. The first-order valence-electron chi connectivity index (χ1n) is 7.00. The summed E-state index contributed by atoms with van der Waals surface area (Å²) in [6.07, 6.45) is 0.855. The first kappa shape index (κ1) is 15.7. The molecule has 0 aliphatic carbocycles. The number of hydrogen-bond donors (Lipinski definition) is 2. The summed E-state index contributed by atoms with van der Waals surface area (Å²) in [6.45, 7) is 8.60. The van der Waals surface area contributed by atoms with Crippen LogP contribution in [0.5, 0.6) is 0 Å². The number of aryl methyl sites for hydroxylation is 1. The zero-order valence-electron chi connectivity index (χ0n) is 12.4. The van der Waals surface area contributed by atoms with Crippen LogP contribution < -0.4 is 11.1 Å². The van der Waals surface area contributed by atoms with Crippen LogP contribution in [0.25, 0.3) is 0 Å². The second kappa shape index (κ2) is 7.29. The van der Waals surface area contributed by atoms with Crippen LogP contribution in [0.3, 0.4) is 0 Å². The Hall–Kier alpha value is -1.35. The Balaban J connectivity index is 2.58. The molecular weight excluding hydrogens is 236 g/mol. The molecule has 0 heterocycles. The van der Waals surface area contributed by atoms with Crippen molar-refractivity contribution >= 4 is 5.91 Å². The molecule has 2 atom stereocenters. The van der Waals surface area contributed by atoms with Crippen molar-refractivity contribution in [2.45, 2.75) is 40.2 Å². The Morgan fingerprint density at radius 2 is 1.89 bits per heavy atom. The number of hydrogen-bond acceptors (Lipinski definition) is 2. The van der Waals surface area contributed by atoms with E-state index in [9.17, 15) is 4.79 Å². The van der Waals surface area contributed by atoms with Gasteiger partial charge in [-0.3, -0.25) is 4.79 Å². The van der Waals surface area contributed by atoms with Gasteiger partial charge in [0.2, 0.25) is 5.91 Å². The molecule has 0 radical (unpaired) electrons. The molecule has 106 valence electrons. The van der Waals surface area contributed by atoms with Crippen molar-refractivity contribution in [3.05, 3.63) is 35.4 Å². The maximum atomic E-state index is 12.1. The number of carbonyl (C=O) groups excluding carboxylic acids is 1. The second-order valence-electron chi connectivity index (χ2n) is 5.63. The quantitative estimate of drug-likeness (QED) is 0.826. The summed E-state index contributed by atoms with van der Waals surface area (Å²) in [4.78, 5) is 12.1. The van der Waals surface area contributed by atoms with Gasteiger partial charge in [-0.05, 0) is 37.3 Å². The molecule has 3 N–H and O–H groups in total. The van der Waals surface area contributed by atoms with E-state index in [-0.39, 0.29) is 23.8 Å². The normalized spacial score (nSPS) is 14.2. The summed E-state index contributed by atoms with van der Waals surface area (Å²) >= 11 is 0. The third kappa shape index (κ3) is 4.67. The topological polar surface area (TPSA) is 55.1 Å². The predicted octanol–water partition coefficient (Wildman–Crippen LogP) is 2.27. The van der Waals surface area contributed by atoms with Gasteiger partial charge in [0.1, 0.15) is 0 Å². The Kier molecular flexibility index (Phi) is 6.03. The molecule has 0 bridgehead atoms. The highest BCUT2D eigenvalue weighted by atomic mass is 16.2. The lowest BCUT2D eigenvalue weighted by Crippen LogP contribution is -2.42. The van der Waals surface area contributed by atoms with Crippen molar-refractivity contribution in [1.29, 1.82) is 0 Å². The maximum Gasteiger partial charge on any atom is 0.224 e. The molecule has 1 rings (SSSR count). The largest absolute Gasteiger partial charge is 0.353 e. The molecule has 0 aliphatic rings. The smallest absolute Gasteiger partial charge is 0.224 e. The number of carbonyl (C=O) groups is 1. The van der Waals surface area contributed by atoms with Crippen LogP contribution in [-0.2, 0) is 11.2 Å². The van der Waals surface area contributed by atoms with Crippen LogP contribution in [0, 0.1) is 18.8 Å². The van der Waals surface area contributed by atoms with E-state index in [1.807, 2.05) is 32.9 Å². The van der Waals surface area contributed by atoms with E-state index >= 15 is 0 Å². The number of nitrogens with one attached hydrogen (secondary N) is 1. The lowest BCUT2D eigenvalue weighted by molar-refractivity contribution is -0.126. The number of nitrogens with two attached hydrogens (primary N) is 1. The fourth-order valence-corrected chi connectivity index (χ4v) is 2.25. The standard InChI is InChI=1S/C16H26N2O/c1-11(2)15(10-17)16(19)18-13(4)9-14-8-6-5-7-12(14)3/h5-8,11,13,15H,9-10,17H2,1-4H3,(H,18,19). The van der Waals surface area contributed by atoms with Crippen molar-refractivity contribution < 1.29 is 4.79 Å². The molecule has 3 nitrogen and oxygen atoms in total. The summed E-state index contributed by atoms with van der Waals surface area (Å²) in [7, 11) is 0. The highest BCUT2D eigenvalue weighted by Gasteiger charge is 2.21. The minimum Gasteiger partial charge on any atom is -0.353 e. The molecule has 1 amide bonds.